The lowest BCUT2D eigenvalue weighted by molar-refractivity contribution is -0.151. The molecule has 5 nitrogen and oxygen atoms in total. The van der Waals surface area contributed by atoms with Gasteiger partial charge in [-0.2, -0.15) is 0 Å². The first kappa shape index (κ1) is 19.4. The Bertz CT molecular complexity index is 681. The Morgan fingerprint density at radius 1 is 1.04 bits per heavy atom. The summed E-state index contributed by atoms with van der Waals surface area (Å²) in [5.41, 5.74) is 3.28. The zero-order chi connectivity index (χ0) is 19.7. The Balaban J connectivity index is 1.35. The zero-order valence-electron chi connectivity index (χ0n) is 16.9. The molecule has 0 aromatic heterocycles. The van der Waals surface area contributed by atoms with Gasteiger partial charge in [0.25, 0.3) is 5.91 Å². The molecule has 4 saturated carbocycles. The summed E-state index contributed by atoms with van der Waals surface area (Å²) in [4.78, 5) is 31.4. The maximum Gasteiger partial charge on any atom is 0.266 e. The summed E-state index contributed by atoms with van der Waals surface area (Å²) in [7, 11) is 0. The van der Waals surface area contributed by atoms with Crippen molar-refractivity contribution in [2.24, 2.45) is 29.1 Å². The number of rotatable bonds is 7. The molecule has 1 aromatic rings. The van der Waals surface area contributed by atoms with Crippen LogP contribution < -0.4 is 10.8 Å². The van der Waals surface area contributed by atoms with Crippen LogP contribution in [0.15, 0.2) is 30.3 Å². The normalized spacial score (nSPS) is 31.6. The highest BCUT2D eigenvalue weighted by Gasteiger charge is 2.55. The number of hydrogen-bond donors (Lipinski definition) is 2. The molecule has 28 heavy (non-hydrogen) atoms. The quantitative estimate of drug-likeness (QED) is 0.706. The lowest BCUT2D eigenvalue weighted by atomic mass is 9.49. The van der Waals surface area contributed by atoms with Crippen molar-refractivity contribution in [3.63, 3.8) is 0 Å². The summed E-state index contributed by atoms with van der Waals surface area (Å²) < 4.78 is 0. The SMILES string of the molecule is CC(C)[C@H](NC(=O)C12CC3CC(CC(C3)C1)C2)C(=O)NOCc1ccccc1. The van der Waals surface area contributed by atoms with E-state index in [9.17, 15) is 9.59 Å². The van der Waals surface area contributed by atoms with E-state index in [0.29, 0.717) is 24.4 Å². The van der Waals surface area contributed by atoms with Crippen molar-refractivity contribution in [2.75, 3.05) is 0 Å². The van der Waals surface area contributed by atoms with E-state index in [0.717, 1.165) is 24.8 Å². The molecule has 0 aliphatic heterocycles. The third-order valence-corrected chi connectivity index (χ3v) is 7.01. The number of hydrogen-bond acceptors (Lipinski definition) is 3. The van der Waals surface area contributed by atoms with Gasteiger partial charge < -0.3 is 5.32 Å². The van der Waals surface area contributed by atoms with Gasteiger partial charge in [0.15, 0.2) is 0 Å². The van der Waals surface area contributed by atoms with Crippen LogP contribution in [0.1, 0.15) is 57.9 Å². The maximum atomic E-state index is 13.3. The number of nitrogens with one attached hydrogen (secondary N) is 2. The first-order valence-electron chi connectivity index (χ1n) is 10.7. The molecule has 0 saturated heterocycles. The van der Waals surface area contributed by atoms with Crippen LogP contribution >= 0.6 is 0 Å². The molecule has 0 heterocycles. The predicted molar refractivity (Wildman–Crippen MR) is 107 cm³/mol. The Hall–Kier alpha value is -1.88. The molecule has 1 atom stereocenters. The Kier molecular flexibility index (Phi) is 5.46. The van der Waals surface area contributed by atoms with Gasteiger partial charge in [-0.25, -0.2) is 5.48 Å². The summed E-state index contributed by atoms with van der Waals surface area (Å²) >= 11 is 0. The van der Waals surface area contributed by atoms with Crippen LogP contribution in [0.5, 0.6) is 0 Å². The second kappa shape index (κ2) is 7.86. The van der Waals surface area contributed by atoms with Crippen molar-refractivity contribution in [1.29, 1.82) is 0 Å². The van der Waals surface area contributed by atoms with Gasteiger partial charge in [0.05, 0.1) is 6.61 Å². The van der Waals surface area contributed by atoms with Crippen molar-refractivity contribution in [3.05, 3.63) is 35.9 Å². The van der Waals surface area contributed by atoms with E-state index in [1.807, 2.05) is 44.2 Å². The molecule has 2 N–H and O–H groups in total. The monoisotopic (exact) mass is 384 g/mol. The Labute approximate surface area is 167 Å². The number of carbonyl (C=O) groups excluding carboxylic acids is 2. The fourth-order valence-corrected chi connectivity index (χ4v) is 6.05. The average molecular weight is 385 g/mol. The standard InChI is InChI=1S/C23H32N2O3/c1-15(2)20(21(26)25-28-14-16-6-4-3-5-7-16)24-22(27)23-11-17-8-18(12-23)10-19(9-17)13-23/h3-7,15,17-20H,8-14H2,1-2H3,(H,24,27)(H,25,26)/t17?,18?,19?,20-,23?/m0/s1. The van der Waals surface area contributed by atoms with Crippen LogP contribution in [-0.4, -0.2) is 17.9 Å². The molecule has 0 radical (unpaired) electrons. The van der Waals surface area contributed by atoms with E-state index >= 15 is 0 Å². The molecule has 5 heteroatoms. The molecule has 4 bridgehead atoms. The number of hydroxylamine groups is 1. The number of carbonyl (C=O) groups is 2. The van der Waals surface area contributed by atoms with Crippen LogP contribution in [0, 0.1) is 29.1 Å². The van der Waals surface area contributed by atoms with E-state index in [1.165, 1.54) is 19.3 Å². The minimum absolute atomic E-state index is 0.00168. The molecular formula is C23H32N2O3. The maximum absolute atomic E-state index is 13.3. The van der Waals surface area contributed by atoms with Crippen LogP contribution in [0.25, 0.3) is 0 Å². The van der Waals surface area contributed by atoms with Gasteiger partial charge >= 0.3 is 0 Å². The van der Waals surface area contributed by atoms with Gasteiger partial charge in [0.2, 0.25) is 5.91 Å². The van der Waals surface area contributed by atoms with Crippen molar-refractivity contribution in [1.82, 2.24) is 10.8 Å². The Morgan fingerprint density at radius 2 is 1.61 bits per heavy atom. The topological polar surface area (TPSA) is 67.4 Å². The van der Waals surface area contributed by atoms with Crippen LogP contribution in [-0.2, 0) is 21.0 Å². The van der Waals surface area contributed by atoms with Crippen LogP contribution in [0.3, 0.4) is 0 Å². The van der Waals surface area contributed by atoms with E-state index in [1.54, 1.807) is 0 Å². The lowest BCUT2D eigenvalue weighted by Gasteiger charge is -2.55. The van der Waals surface area contributed by atoms with E-state index < -0.39 is 6.04 Å². The highest BCUT2D eigenvalue weighted by atomic mass is 16.6. The zero-order valence-corrected chi connectivity index (χ0v) is 16.9. The molecule has 2 amide bonds. The molecule has 1 aromatic carbocycles. The van der Waals surface area contributed by atoms with E-state index in [-0.39, 0.29) is 23.1 Å². The summed E-state index contributed by atoms with van der Waals surface area (Å²) in [6, 6.07) is 9.13. The molecular weight excluding hydrogens is 352 g/mol. The highest BCUT2D eigenvalue weighted by Crippen LogP contribution is 2.60. The molecule has 4 aliphatic carbocycles. The van der Waals surface area contributed by atoms with Crippen molar-refractivity contribution in [2.45, 2.75) is 65.0 Å². The van der Waals surface area contributed by atoms with Gasteiger partial charge in [-0.1, -0.05) is 44.2 Å². The van der Waals surface area contributed by atoms with Gasteiger partial charge in [-0.05, 0) is 67.8 Å². The molecule has 0 spiro atoms. The molecule has 152 valence electrons. The molecule has 4 fully saturated rings. The van der Waals surface area contributed by atoms with Gasteiger partial charge in [-0.15, -0.1) is 0 Å². The molecule has 4 aliphatic rings. The minimum Gasteiger partial charge on any atom is -0.343 e. The third-order valence-electron chi connectivity index (χ3n) is 7.01. The first-order valence-corrected chi connectivity index (χ1v) is 10.7. The lowest BCUT2D eigenvalue weighted by Crippen LogP contribution is -2.58. The second-order valence-corrected chi connectivity index (χ2v) is 9.63. The Morgan fingerprint density at radius 3 is 2.14 bits per heavy atom. The fraction of sp³-hybridized carbons (Fsp3) is 0.652. The van der Waals surface area contributed by atoms with Crippen molar-refractivity contribution >= 4 is 11.8 Å². The fourth-order valence-electron chi connectivity index (χ4n) is 6.05. The van der Waals surface area contributed by atoms with Crippen LogP contribution in [0.2, 0.25) is 0 Å². The minimum atomic E-state index is -0.573. The van der Waals surface area contributed by atoms with Gasteiger partial charge in [0.1, 0.15) is 6.04 Å². The van der Waals surface area contributed by atoms with Gasteiger partial charge in [0, 0.05) is 5.41 Å². The van der Waals surface area contributed by atoms with E-state index in [4.69, 9.17) is 4.84 Å². The first-order chi connectivity index (χ1) is 13.4. The van der Waals surface area contributed by atoms with Gasteiger partial charge in [-0.3, -0.25) is 14.4 Å². The highest BCUT2D eigenvalue weighted by molar-refractivity contribution is 5.90. The number of amides is 2. The van der Waals surface area contributed by atoms with Crippen molar-refractivity contribution < 1.29 is 14.4 Å². The van der Waals surface area contributed by atoms with E-state index in [2.05, 4.69) is 10.8 Å². The summed E-state index contributed by atoms with van der Waals surface area (Å²) in [6.45, 7) is 4.23. The summed E-state index contributed by atoms with van der Waals surface area (Å²) in [5.74, 6) is 1.93. The third kappa shape index (κ3) is 3.95. The summed E-state index contributed by atoms with van der Waals surface area (Å²) in [5, 5.41) is 3.09. The van der Waals surface area contributed by atoms with Crippen molar-refractivity contribution in [3.8, 4) is 0 Å². The summed E-state index contributed by atoms with van der Waals surface area (Å²) in [6.07, 6.45) is 6.90. The second-order valence-electron chi connectivity index (χ2n) is 9.63. The largest absolute Gasteiger partial charge is 0.343 e. The number of benzene rings is 1. The average Bonchev–Trinajstić information content (AvgIpc) is 2.65. The molecule has 0 unspecified atom stereocenters. The van der Waals surface area contributed by atoms with Crippen LogP contribution in [0.4, 0.5) is 0 Å². The smallest absolute Gasteiger partial charge is 0.266 e. The molecule has 5 rings (SSSR count). The predicted octanol–water partition coefficient (Wildman–Crippen LogP) is 3.59.